The lowest BCUT2D eigenvalue weighted by molar-refractivity contribution is 0.0984. The van der Waals surface area contributed by atoms with Crippen molar-refractivity contribution in [3.63, 3.8) is 0 Å². The molecule has 0 saturated heterocycles. The largest absolute Gasteiger partial charge is 0.495 e. The van der Waals surface area contributed by atoms with Crippen molar-refractivity contribution in [3.05, 3.63) is 46.7 Å². The highest BCUT2D eigenvalue weighted by Crippen LogP contribution is 2.26. The van der Waals surface area contributed by atoms with E-state index in [0.717, 1.165) is 29.3 Å². The molecule has 0 bridgehead atoms. The zero-order valence-electron chi connectivity index (χ0n) is 11.8. The SMILES string of the molecule is COc1ccccc1N(C)CCCC(=O)c1cccs1. The lowest BCUT2D eigenvalue weighted by Crippen LogP contribution is -2.19. The zero-order chi connectivity index (χ0) is 14.4. The molecule has 2 rings (SSSR count). The lowest BCUT2D eigenvalue weighted by Gasteiger charge is -2.21. The summed E-state index contributed by atoms with van der Waals surface area (Å²) in [7, 11) is 3.69. The Balaban J connectivity index is 1.86. The Morgan fingerprint density at radius 2 is 2.05 bits per heavy atom. The van der Waals surface area contributed by atoms with E-state index in [4.69, 9.17) is 4.74 Å². The van der Waals surface area contributed by atoms with Crippen LogP contribution in [0.5, 0.6) is 5.75 Å². The minimum atomic E-state index is 0.230. The number of thiophene rings is 1. The molecule has 1 aromatic carbocycles. The van der Waals surface area contributed by atoms with Crippen LogP contribution in [0.2, 0.25) is 0 Å². The molecule has 0 aliphatic heterocycles. The highest BCUT2D eigenvalue weighted by atomic mass is 32.1. The molecule has 3 nitrogen and oxygen atoms in total. The van der Waals surface area contributed by atoms with Crippen LogP contribution >= 0.6 is 11.3 Å². The maximum absolute atomic E-state index is 11.9. The van der Waals surface area contributed by atoms with E-state index in [-0.39, 0.29) is 5.78 Å². The Bertz CT molecular complexity index is 551. The number of ether oxygens (including phenoxy) is 1. The number of anilines is 1. The molecule has 106 valence electrons. The predicted octanol–water partition coefficient (Wildman–Crippen LogP) is 3.86. The summed E-state index contributed by atoms with van der Waals surface area (Å²) >= 11 is 1.51. The third-order valence-electron chi connectivity index (χ3n) is 3.19. The van der Waals surface area contributed by atoms with Gasteiger partial charge in [-0.15, -0.1) is 11.3 Å². The smallest absolute Gasteiger partial charge is 0.172 e. The number of nitrogens with zero attached hydrogens (tertiary/aromatic N) is 1. The molecule has 20 heavy (non-hydrogen) atoms. The van der Waals surface area contributed by atoms with Crippen molar-refractivity contribution in [1.29, 1.82) is 0 Å². The molecule has 0 spiro atoms. The Hall–Kier alpha value is -1.81. The number of hydrogen-bond acceptors (Lipinski definition) is 4. The van der Waals surface area contributed by atoms with E-state index in [0.29, 0.717) is 6.42 Å². The molecule has 0 saturated carbocycles. The number of Topliss-reactive ketones (excluding diaryl/α,β-unsaturated/α-hetero) is 1. The number of hydrogen-bond donors (Lipinski definition) is 0. The molecular weight excluding hydrogens is 270 g/mol. The van der Waals surface area contributed by atoms with E-state index in [9.17, 15) is 4.79 Å². The standard InChI is InChI=1S/C16H19NO2S/c1-17(13-7-3-4-9-15(13)19-2)11-5-8-14(18)16-10-6-12-20-16/h3-4,6-7,9-10,12H,5,8,11H2,1-2H3. The van der Waals surface area contributed by atoms with Crippen LogP contribution in [-0.4, -0.2) is 26.5 Å². The van der Waals surface area contributed by atoms with Crippen molar-refractivity contribution < 1.29 is 9.53 Å². The van der Waals surface area contributed by atoms with Crippen LogP contribution in [0.3, 0.4) is 0 Å². The van der Waals surface area contributed by atoms with Gasteiger partial charge in [-0.25, -0.2) is 0 Å². The van der Waals surface area contributed by atoms with E-state index in [1.165, 1.54) is 11.3 Å². The van der Waals surface area contributed by atoms with Gasteiger partial charge in [0.25, 0.3) is 0 Å². The Morgan fingerprint density at radius 3 is 2.75 bits per heavy atom. The molecule has 0 fully saturated rings. The van der Waals surface area contributed by atoms with Crippen molar-refractivity contribution >= 4 is 22.8 Å². The summed E-state index contributed by atoms with van der Waals surface area (Å²) < 4.78 is 5.35. The molecule has 4 heteroatoms. The number of benzene rings is 1. The van der Waals surface area contributed by atoms with Crippen LogP contribution in [-0.2, 0) is 0 Å². The van der Waals surface area contributed by atoms with E-state index in [1.807, 2.05) is 48.8 Å². The van der Waals surface area contributed by atoms with E-state index in [1.54, 1.807) is 7.11 Å². The van der Waals surface area contributed by atoms with E-state index < -0.39 is 0 Å². The molecule has 0 amide bonds. The second-order valence-corrected chi connectivity index (χ2v) is 5.55. The predicted molar refractivity (Wildman–Crippen MR) is 84.1 cm³/mol. The first-order chi connectivity index (χ1) is 9.72. The first-order valence-corrected chi connectivity index (χ1v) is 7.51. The van der Waals surface area contributed by atoms with Crippen LogP contribution in [0.15, 0.2) is 41.8 Å². The van der Waals surface area contributed by atoms with Gasteiger partial charge in [-0.1, -0.05) is 18.2 Å². The zero-order valence-corrected chi connectivity index (χ0v) is 12.7. The minimum absolute atomic E-state index is 0.230. The molecule has 0 aliphatic carbocycles. The fraction of sp³-hybridized carbons (Fsp3) is 0.312. The van der Waals surface area contributed by atoms with Gasteiger partial charge in [0.15, 0.2) is 5.78 Å². The Kier molecular flexibility index (Phi) is 5.18. The second-order valence-electron chi connectivity index (χ2n) is 4.60. The molecule has 0 atom stereocenters. The normalized spacial score (nSPS) is 10.3. The average Bonchev–Trinajstić information content (AvgIpc) is 3.01. The van der Waals surface area contributed by atoms with Crippen LogP contribution in [0.1, 0.15) is 22.5 Å². The summed E-state index contributed by atoms with van der Waals surface area (Å²) in [5.74, 6) is 1.09. The molecule has 2 aromatic rings. The van der Waals surface area contributed by atoms with Gasteiger partial charge < -0.3 is 9.64 Å². The van der Waals surface area contributed by atoms with Gasteiger partial charge in [-0.2, -0.15) is 0 Å². The fourth-order valence-electron chi connectivity index (χ4n) is 2.10. The van der Waals surface area contributed by atoms with Gasteiger partial charge >= 0.3 is 0 Å². The van der Waals surface area contributed by atoms with Gasteiger partial charge in [0, 0.05) is 20.0 Å². The molecular formula is C16H19NO2S. The maximum Gasteiger partial charge on any atom is 0.172 e. The fourth-order valence-corrected chi connectivity index (χ4v) is 2.80. The molecule has 0 N–H and O–H groups in total. The first-order valence-electron chi connectivity index (χ1n) is 6.63. The van der Waals surface area contributed by atoms with Crippen LogP contribution in [0, 0.1) is 0 Å². The van der Waals surface area contributed by atoms with Crippen LogP contribution < -0.4 is 9.64 Å². The highest BCUT2D eigenvalue weighted by molar-refractivity contribution is 7.12. The van der Waals surface area contributed by atoms with Crippen LogP contribution in [0.25, 0.3) is 0 Å². The van der Waals surface area contributed by atoms with Gasteiger partial charge in [0.05, 0.1) is 17.7 Å². The summed E-state index contributed by atoms with van der Waals surface area (Å²) in [5.41, 5.74) is 1.05. The lowest BCUT2D eigenvalue weighted by atomic mass is 10.2. The maximum atomic E-state index is 11.9. The van der Waals surface area contributed by atoms with Crippen molar-refractivity contribution in [1.82, 2.24) is 0 Å². The summed E-state index contributed by atoms with van der Waals surface area (Å²) in [6, 6.07) is 11.7. The Morgan fingerprint density at radius 1 is 1.25 bits per heavy atom. The summed E-state index contributed by atoms with van der Waals surface area (Å²) in [6.07, 6.45) is 1.42. The van der Waals surface area contributed by atoms with Crippen molar-refractivity contribution in [2.75, 3.05) is 25.6 Å². The number of methoxy groups -OCH3 is 1. The van der Waals surface area contributed by atoms with Crippen LogP contribution in [0.4, 0.5) is 5.69 Å². The highest BCUT2D eigenvalue weighted by Gasteiger charge is 2.09. The van der Waals surface area contributed by atoms with E-state index in [2.05, 4.69) is 4.90 Å². The van der Waals surface area contributed by atoms with Crippen molar-refractivity contribution in [2.24, 2.45) is 0 Å². The molecule has 0 aliphatic rings. The third kappa shape index (κ3) is 3.61. The second kappa shape index (κ2) is 7.10. The molecule has 0 unspecified atom stereocenters. The number of rotatable bonds is 7. The molecule has 0 radical (unpaired) electrons. The number of para-hydroxylation sites is 2. The average molecular weight is 289 g/mol. The summed E-state index contributed by atoms with van der Waals surface area (Å²) in [6.45, 7) is 0.831. The monoisotopic (exact) mass is 289 g/mol. The van der Waals surface area contributed by atoms with Gasteiger partial charge in [0.1, 0.15) is 5.75 Å². The summed E-state index contributed by atoms with van der Waals surface area (Å²) in [4.78, 5) is 14.9. The number of ketones is 1. The summed E-state index contributed by atoms with van der Waals surface area (Å²) in [5, 5.41) is 1.94. The number of carbonyl (C=O) groups excluding carboxylic acids is 1. The third-order valence-corrected chi connectivity index (χ3v) is 4.10. The Labute approximate surface area is 123 Å². The van der Waals surface area contributed by atoms with Gasteiger partial charge in [-0.05, 0) is 30.0 Å². The van der Waals surface area contributed by atoms with Crippen molar-refractivity contribution in [2.45, 2.75) is 12.8 Å². The first kappa shape index (κ1) is 14.6. The topological polar surface area (TPSA) is 29.5 Å². The number of carbonyl (C=O) groups is 1. The molecule has 1 aromatic heterocycles. The van der Waals surface area contributed by atoms with E-state index >= 15 is 0 Å². The van der Waals surface area contributed by atoms with Crippen molar-refractivity contribution in [3.8, 4) is 5.75 Å². The van der Waals surface area contributed by atoms with Gasteiger partial charge in [-0.3, -0.25) is 4.79 Å². The quantitative estimate of drug-likeness (QED) is 0.725. The van der Waals surface area contributed by atoms with Gasteiger partial charge in [0.2, 0.25) is 0 Å². The minimum Gasteiger partial charge on any atom is -0.495 e. The molecule has 1 heterocycles.